The van der Waals surface area contributed by atoms with Gasteiger partial charge >= 0.3 is 0 Å². The minimum atomic E-state index is -0.437. The molecular weight excluding hydrogens is 318 g/mol. The Balaban J connectivity index is 2.03. The molecule has 1 aromatic heterocycles. The zero-order valence-electron chi connectivity index (χ0n) is 13.9. The molecule has 2 aromatic carbocycles. The van der Waals surface area contributed by atoms with Gasteiger partial charge < -0.3 is 0 Å². The Labute approximate surface area is 144 Å². The maximum Gasteiger partial charge on any atom is 0.278 e. The number of nitro benzene ring substituents is 1. The first-order valence-corrected chi connectivity index (χ1v) is 7.75. The second-order valence-electron chi connectivity index (χ2n) is 5.66. The first-order valence-electron chi connectivity index (χ1n) is 7.75. The Morgan fingerprint density at radius 3 is 2.44 bits per heavy atom. The van der Waals surface area contributed by atoms with Gasteiger partial charge in [0.05, 0.1) is 16.2 Å². The molecule has 0 saturated heterocycles. The van der Waals surface area contributed by atoms with Gasteiger partial charge in [-0.1, -0.05) is 36.4 Å². The van der Waals surface area contributed by atoms with Crippen molar-refractivity contribution in [1.82, 2.24) is 9.36 Å². The normalized spacial score (nSPS) is 11.1. The molecule has 0 aliphatic heterocycles. The second kappa shape index (κ2) is 6.60. The van der Waals surface area contributed by atoms with Crippen LogP contribution in [-0.4, -0.2) is 14.3 Å². The van der Waals surface area contributed by atoms with Crippen molar-refractivity contribution in [3.63, 3.8) is 0 Å². The third kappa shape index (κ3) is 3.14. The van der Waals surface area contributed by atoms with Crippen LogP contribution in [0.5, 0.6) is 0 Å². The molecule has 0 atom stereocenters. The first-order chi connectivity index (χ1) is 12.0. The summed E-state index contributed by atoms with van der Waals surface area (Å²) >= 11 is 0. The highest BCUT2D eigenvalue weighted by Crippen LogP contribution is 2.17. The average molecular weight is 335 g/mol. The molecule has 126 valence electrons. The standard InChI is InChI=1S/C19H17N3O3/c1-14-18(12-11-15-7-6-10-17(13-15)22(24)25)19(23)21(20(14)2)16-8-4-3-5-9-16/h3-13H,1-2H3/b12-11+. The molecule has 0 radical (unpaired) electrons. The highest BCUT2D eigenvalue weighted by molar-refractivity contribution is 5.71. The van der Waals surface area contributed by atoms with Crippen molar-refractivity contribution in [2.45, 2.75) is 6.92 Å². The molecule has 0 spiro atoms. The average Bonchev–Trinajstić information content (AvgIpc) is 2.83. The summed E-state index contributed by atoms with van der Waals surface area (Å²) in [7, 11) is 1.83. The Kier molecular flexibility index (Phi) is 4.35. The number of benzene rings is 2. The smallest absolute Gasteiger partial charge is 0.278 e. The number of rotatable bonds is 4. The van der Waals surface area contributed by atoms with Crippen LogP contribution in [-0.2, 0) is 7.05 Å². The van der Waals surface area contributed by atoms with E-state index in [1.54, 1.807) is 33.6 Å². The number of nitro groups is 1. The molecule has 0 N–H and O–H groups in total. The Morgan fingerprint density at radius 2 is 1.76 bits per heavy atom. The van der Waals surface area contributed by atoms with Crippen LogP contribution in [0.1, 0.15) is 16.8 Å². The molecule has 6 heteroatoms. The van der Waals surface area contributed by atoms with E-state index in [9.17, 15) is 14.9 Å². The van der Waals surface area contributed by atoms with Gasteiger partial charge in [0, 0.05) is 24.9 Å². The van der Waals surface area contributed by atoms with E-state index >= 15 is 0 Å². The highest BCUT2D eigenvalue weighted by atomic mass is 16.6. The van der Waals surface area contributed by atoms with Gasteiger partial charge in [0.25, 0.3) is 11.2 Å². The molecule has 3 rings (SSSR count). The third-order valence-electron chi connectivity index (χ3n) is 4.12. The van der Waals surface area contributed by atoms with Crippen molar-refractivity contribution in [3.8, 4) is 5.69 Å². The number of hydrogen-bond acceptors (Lipinski definition) is 3. The Hall–Kier alpha value is -3.41. The molecule has 0 amide bonds. The summed E-state index contributed by atoms with van der Waals surface area (Å²) in [6.07, 6.45) is 3.42. The number of non-ortho nitro benzene ring substituents is 1. The molecular formula is C19H17N3O3. The lowest BCUT2D eigenvalue weighted by Crippen LogP contribution is -2.20. The van der Waals surface area contributed by atoms with Crippen molar-refractivity contribution in [1.29, 1.82) is 0 Å². The van der Waals surface area contributed by atoms with Crippen molar-refractivity contribution >= 4 is 17.8 Å². The van der Waals surface area contributed by atoms with Gasteiger partial charge in [-0.25, -0.2) is 4.68 Å². The minimum absolute atomic E-state index is 0.0219. The summed E-state index contributed by atoms with van der Waals surface area (Å²) < 4.78 is 3.40. The number of aromatic nitrogens is 2. The molecule has 0 unspecified atom stereocenters. The van der Waals surface area contributed by atoms with Crippen LogP contribution in [0.25, 0.3) is 17.8 Å². The topological polar surface area (TPSA) is 70.1 Å². The van der Waals surface area contributed by atoms with Crippen LogP contribution < -0.4 is 5.56 Å². The lowest BCUT2D eigenvalue weighted by atomic mass is 10.1. The van der Waals surface area contributed by atoms with Crippen LogP contribution in [0.4, 0.5) is 5.69 Å². The number of hydrogen-bond donors (Lipinski definition) is 0. The molecule has 0 aliphatic carbocycles. The van der Waals surface area contributed by atoms with Gasteiger partial charge in [-0.3, -0.25) is 19.6 Å². The van der Waals surface area contributed by atoms with Gasteiger partial charge in [0.1, 0.15) is 0 Å². The van der Waals surface area contributed by atoms with Crippen molar-refractivity contribution in [2.24, 2.45) is 7.05 Å². The number of para-hydroxylation sites is 1. The predicted octanol–water partition coefficient (Wildman–Crippen LogP) is 3.56. The number of nitrogens with zero attached hydrogens (tertiary/aromatic N) is 3. The fourth-order valence-electron chi connectivity index (χ4n) is 2.70. The maximum atomic E-state index is 12.8. The van der Waals surface area contributed by atoms with E-state index in [1.165, 1.54) is 12.1 Å². The Bertz CT molecular complexity index is 1010. The summed E-state index contributed by atoms with van der Waals surface area (Å²) in [5, 5.41) is 10.9. The zero-order chi connectivity index (χ0) is 18.0. The Morgan fingerprint density at radius 1 is 1.04 bits per heavy atom. The van der Waals surface area contributed by atoms with Crippen molar-refractivity contribution < 1.29 is 4.92 Å². The fourth-order valence-corrected chi connectivity index (χ4v) is 2.70. The summed E-state index contributed by atoms with van der Waals surface area (Å²) in [5.74, 6) is 0. The van der Waals surface area contributed by atoms with Gasteiger partial charge in [-0.05, 0) is 30.7 Å². The van der Waals surface area contributed by atoms with E-state index in [-0.39, 0.29) is 11.2 Å². The molecule has 0 bridgehead atoms. The molecule has 0 saturated carbocycles. The molecule has 0 aliphatic rings. The molecule has 25 heavy (non-hydrogen) atoms. The summed E-state index contributed by atoms with van der Waals surface area (Å²) in [6, 6.07) is 15.7. The van der Waals surface area contributed by atoms with E-state index in [2.05, 4.69) is 0 Å². The quantitative estimate of drug-likeness (QED) is 0.541. The van der Waals surface area contributed by atoms with Crippen molar-refractivity contribution in [2.75, 3.05) is 0 Å². The minimum Gasteiger partial charge on any atom is -0.285 e. The largest absolute Gasteiger partial charge is 0.285 e. The van der Waals surface area contributed by atoms with Crippen LogP contribution in [0.2, 0.25) is 0 Å². The van der Waals surface area contributed by atoms with Crippen LogP contribution >= 0.6 is 0 Å². The fraction of sp³-hybridized carbons (Fsp3) is 0.105. The monoisotopic (exact) mass is 335 g/mol. The summed E-state index contributed by atoms with van der Waals surface area (Å²) in [5.41, 5.74) is 2.71. The van der Waals surface area contributed by atoms with E-state index in [0.29, 0.717) is 11.1 Å². The van der Waals surface area contributed by atoms with Crippen molar-refractivity contribution in [3.05, 3.63) is 91.9 Å². The maximum absolute atomic E-state index is 12.8. The van der Waals surface area contributed by atoms with Gasteiger partial charge in [0.15, 0.2) is 0 Å². The van der Waals surface area contributed by atoms with E-state index < -0.39 is 4.92 Å². The van der Waals surface area contributed by atoms with E-state index in [0.717, 1.165) is 11.4 Å². The lowest BCUT2D eigenvalue weighted by Gasteiger charge is -2.07. The third-order valence-corrected chi connectivity index (χ3v) is 4.12. The highest BCUT2D eigenvalue weighted by Gasteiger charge is 2.13. The van der Waals surface area contributed by atoms with Crippen LogP contribution in [0, 0.1) is 17.0 Å². The van der Waals surface area contributed by atoms with Gasteiger partial charge in [-0.15, -0.1) is 0 Å². The predicted molar refractivity (Wildman–Crippen MR) is 97.8 cm³/mol. The first kappa shape index (κ1) is 16.4. The lowest BCUT2D eigenvalue weighted by molar-refractivity contribution is -0.384. The molecule has 3 aromatic rings. The summed E-state index contributed by atoms with van der Waals surface area (Å²) in [6.45, 7) is 1.87. The van der Waals surface area contributed by atoms with E-state index in [1.807, 2.05) is 44.3 Å². The zero-order valence-corrected chi connectivity index (χ0v) is 13.9. The SMILES string of the molecule is Cc1c(/C=C/c2cccc([N+](=O)[O-])c2)c(=O)n(-c2ccccc2)n1C. The van der Waals surface area contributed by atoms with Crippen LogP contribution in [0.3, 0.4) is 0 Å². The second-order valence-corrected chi connectivity index (χ2v) is 5.66. The summed E-state index contributed by atoms with van der Waals surface area (Å²) in [4.78, 5) is 23.2. The van der Waals surface area contributed by atoms with Gasteiger partial charge in [0.2, 0.25) is 0 Å². The molecule has 0 fully saturated rings. The van der Waals surface area contributed by atoms with Gasteiger partial charge in [-0.2, -0.15) is 0 Å². The van der Waals surface area contributed by atoms with E-state index in [4.69, 9.17) is 0 Å². The molecule has 6 nitrogen and oxygen atoms in total. The molecule has 1 heterocycles. The van der Waals surface area contributed by atoms with Crippen LogP contribution in [0.15, 0.2) is 59.4 Å².